The Hall–Kier alpha value is -1.67. The zero-order chi connectivity index (χ0) is 14.8. The van der Waals surface area contributed by atoms with Crippen molar-refractivity contribution in [2.45, 2.75) is 38.5 Å². The van der Waals surface area contributed by atoms with Crippen LogP contribution in [-0.2, 0) is 20.8 Å². The number of carbonyl (C=O) groups excluding carboxylic acids is 1. The predicted molar refractivity (Wildman–Crippen MR) is 70.8 cm³/mol. The minimum absolute atomic E-state index is 0.0185. The second-order valence-electron chi connectivity index (χ2n) is 5.33. The van der Waals surface area contributed by atoms with Gasteiger partial charge in [-0.2, -0.15) is 4.68 Å². The molecule has 0 aromatic carbocycles. The van der Waals surface area contributed by atoms with E-state index in [-0.39, 0.29) is 30.5 Å². The monoisotopic (exact) mass is 297 g/mol. The Kier molecular flexibility index (Phi) is 4.07. The summed E-state index contributed by atoms with van der Waals surface area (Å²) < 4.78 is 17.0. The van der Waals surface area contributed by atoms with Gasteiger partial charge in [0.05, 0.1) is 25.4 Å². The molecule has 2 fully saturated rings. The summed E-state index contributed by atoms with van der Waals surface area (Å²) >= 11 is 0. The highest BCUT2D eigenvalue weighted by molar-refractivity contribution is 5.76. The fourth-order valence-electron chi connectivity index (χ4n) is 2.88. The Balaban J connectivity index is 1.71. The van der Waals surface area contributed by atoms with Gasteiger partial charge in [-0.3, -0.25) is 4.79 Å². The Labute approximate surface area is 121 Å². The van der Waals surface area contributed by atoms with Crippen molar-refractivity contribution >= 4 is 5.91 Å². The zero-order valence-corrected chi connectivity index (χ0v) is 12.0. The molecule has 0 N–H and O–H groups in total. The van der Waals surface area contributed by atoms with Gasteiger partial charge in [-0.25, -0.2) is 4.79 Å². The molecule has 2 saturated heterocycles. The number of aryl methyl sites for hydroxylation is 1. The van der Waals surface area contributed by atoms with Crippen molar-refractivity contribution in [2.75, 3.05) is 26.4 Å². The largest absolute Gasteiger partial charge is 0.437 e. The molecule has 2 aliphatic rings. The highest BCUT2D eigenvalue weighted by atomic mass is 16.5. The van der Waals surface area contributed by atoms with E-state index in [1.165, 1.54) is 0 Å². The number of rotatable bonds is 3. The van der Waals surface area contributed by atoms with Gasteiger partial charge in [0.1, 0.15) is 6.54 Å². The molecular weight excluding hydrogens is 278 g/mol. The van der Waals surface area contributed by atoms with E-state index in [0.29, 0.717) is 19.8 Å². The van der Waals surface area contributed by atoms with Crippen molar-refractivity contribution in [1.82, 2.24) is 14.7 Å². The SMILES string of the molecule is Cc1nn(CC(=O)N2CCOCC2C2CCCO2)c(=O)o1. The highest BCUT2D eigenvalue weighted by Crippen LogP contribution is 2.22. The molecule has 3 heterocycles. The quantitative estimate of drug-likeness (QED) is 0.751. The van der Waals surface area contributed by atoms with Crippen LogP contribution in [0, 0.1) is 6.92 Å². The summed E-state index contributed by atoms with van der Waals surface area (Å²) in [6, 6.07) is -0.0857. The zero-order valence-electron chi connectivity index (χ0n) is 12.0. The molecule has 21 heavy (non-hydrogen) atoms. The molecule has 0 saturated carbocycles. The van der Waals surface area contributed by atoms with Crippen LogP contribution in [0.25, 0.3) is 0 Å². The van der Waals surface area contributed by atoms with Gasteiger partial charge in [-0.15, -0.1) is 5.10 Å². The lowest BCUT2D eigenvalue weighted by molar-refractivity contribution is -0.146. The molecular formula is C13H19N3O5. The van der Waals surface area contributed by atoms with Crippen molar-refractivity contribution in [3.8, 4) is 0 Å². The number of carbonyl (C=O) groups is 1. The highest BCUT2D eigenvalue weighted by Gasteiger charge is 2.36. The predicted octanol–water partition coefficient (Wildman–Crippen LogP) is -0.449. The maximum atomic E-state index is 12.5. The molecule has 2 atom stereocenters. The topological polar surface area (TPSA) is 86.8 Å². The van der Waals surface area contributed by atoms with Crippen molar-refractivity contribution in [3.63, 3.8) is 0 Å². The van der Waals surface area contributed by atoms with Gasteiger partial charge in [-0.05, 0) is 12.8 Å². The van der Waals surface area contributed by atoms with Gasteiger partial charge in [0.2, 0.25) is 11.8 Å². The van der Waals surface area contributed by atoms with Crippen LogP contribution >= 0.6 is 0 Å². The third-order valence-electron chi connectivity index (χ3n) is 3.87. The summed E-state index contributed by atoms with van der Waals surface area (Å²) in [5.41, 5.74) is 0. The summed E-state index contributed by atoms with van der Waals surface area (Å²) in [6.07, 6.45) is 1.96. The molecule has 1 aromatic heterocycles. The van der Waals surface area contributed by atoms with Crippen LogP contribution in [-0.4, -0.2) is 59.1 Å². The molecule has 2 unspecified atom stereocenters. The minimum atomic E-state index is -0.609. The van der Waals surface area contributed by atoms with Gasteiger partial charge in [0.25, 0.3) is 0 Å². The van der Waals surface area contributed by atoms with E-state index in [2.05, 4.69) is 5.10 Å². The third kappa shape index (κ3) is 3.01. The molecule has 2 aliphatic heterocycles. The lowest BCUT2D eigenvalue weighted by Gasteiger charge is -2.38. The fourth-order valence-corrected chi connectivity index (χ4v) is 2.88. The lowest BCUT2D eigenvalue weighted by Crippen LogP contribution is -2.55. The normalized spacial score (nSPS) is 26.2. The van der Waals surface area contributed by atoms with Gasteiger partial charge in [-0.1, -0.05) is 0 Å². The summed E-state index contributed by atoms with van der Waals surface area (Å²) in [4.78, 5) is 25.7. The maximum Gasteiger partial charge on any atom is 0.437 e. The van der Waals surface area contributed by atoms with E-state index < -0.39 is 5.76 Å². The lowest BCUT2D eigenvalue weighted by atomic mass is 10.1. The Morgan fingerprint density at radius 2 is 2.29 bits per heavy atom. The Bertz CT molecular complexity index is 560. The minimum Gasteiger partial charge on any atom is -0.393 e. The van der Waals surface area contributed by atoms with E-state index >= 15 is 0 Å². The van der Waals surface area contributed by atoms with Crippen LogP contribution in [0.2, 0.25) is 0 Å². The van der Waals surface area contributed by atoms with Crippen LogP contribution < -0.4 is 5.76 Å². The van der Waals surface area contributed by atoms with Crippen molar-refractivity contribution < 1.29 is 18.7 Å². The average Bonchev–Trinajstić information content (AvgIpc) is 3.09. The molecule has 8 heteroatoms. The summed E-state index contributed by atoms with van der Waals surface area (Å²) in [6.45, 7) is 3.68. The molecule has 0 aliphatic carbocycles. The molecule has 116 valence electrons. The van der Waals surface area contributed by atoms with Gasteiger partial charge < -0.3 is 18.8 Å². The number of hydrogen-bond donors (Lipinski definition) is 0. The number of hydrogen-bond acceptors (Lipinski definition) is 6. The summed E-state index contributed by atoms with van der Waals surface area (Å²) in [5.74, 6) is -0.512. The van der Waals surface area contributed by atoms with Gasteiger partial charge in [0, 0.05) is 20.1 Å². The van der Waals surface area contributed by atoms with E-state index in [9.17, 15) is 9.59 Å². The molecule has 0 bridgehead atoms. The van der Waals surface area contributed by atoms with Crippen molar-refractivity contribution in [3.05, 3.63) is 16.4 Å². The maximum absolute atomic E-state index is 12.5. The number of morpholine rings is 1. The first kappa shape index (κ1) is 14.3. The smallest absolute Gasteiger partial charge is 0.393 e. The second-order valence-corrected chi connectivity index (χ2v) is 5.33. The number of amides is 1. The van der Waals surface area contributed by atoms with Crippen molar-refractivity contribution in [1.29, 1.82) is 0 Å². The van der Waals surface area contributed by atoms with Crippen LogP contribution in [0.4, 0.5) is 0 Å². The Morgan fingerprint density at radius 3 is 2.95 bits per heavy atom. The third-order valence-corrected chi connectivity index (χ3v) is 3.87. The molecule has 3 rings (SSSR count). The first-order chi connectivity index (χ1) is 10.1. The first-order valence-electron chi connectivity index (χ1n) is 7.18. The van der Waals surface area contributed by atoms with Crippen LogP contribution in [0.5, 0.6) is 0 Å². The molecule has 1 amide bonds. The number of ether oxygens (including phenoxy) is 2. The summed E-state index contributed by atoms with van der Waals surface area (Å²) in [5, 5.41) is 3.90. The van der Waals surface area contributed by atoms with E-state index in [0.717, 1.165) is 24.1 Å². The Morgan fingerprint density at radius 1 is 1.43 bits per heavy atom. The first-order valence-corrected chi connectivity index (χ1v) is 7.18. The average molecular weight is 297 g/mol. The van der Waals surface area contributed by atoms with E-state index in [1.807, 2.05) is 0 Å². The van der Waals surface area contributed by atoms with Crippen LogP contribution in [0.15, 0.2) is 9.21 Å². The van der Waals surface area contributed by atoms with Crippen LogP contribution in [0.3, 0.4) is 0 Å². The van der Waals surface area contributed by atoms with Gasteiger partial charge >= 0.3 is 5.76 Å². The molecule has 1 aromatic rings. The number of nitrogens with zero attached hydrogens (tertiary/aromatic N) is 3. The van der Waals surface area contributed by atoms with Crippen LogP contribution in [0.1, 0.15) is 18.7 Å². The van der Waals surface area contributed by atoms with E-state index in [1.54, 1.807) is 11.8 Å². The second kappa shape index (κ2) is 5.98. The summed E-state index contributed by atoms with van der Waals surface area (Å²) in [7, 11) is 0. The molecule has 0 spiro atoms. The van der Waals surface area contributed by atoms with Crippen molar-refractivity contribution in [2.24, 2.45) is 0 Å². The molecule has 8 nitrogen and oxygen atoms in total. The molecule has 0 radical (unpaired) electrons. The van der Waals surface area contributed by atoms with E-state index in [4.69, 9.17) is 13.9 Å². The fraction of sp³-hybridized carbons (Fsp3) is 0.769. The van der Waals surface area contributed by atoms with Gasteiger partial charge in [0.15, 0.2) is 0 Å². The standard InChI is InChI=1S/C13H19N3O5/c1-9-14-16(13(18)21-9)7-12(17)15-4-6-19-8-10(15)11-3-2-5-20-11/h10-11H,2-8H2,1H3. The number of aromatic nitrogens is 2.